The highest BCUT2D eigenvalue weighted by Crippen LogP contribution is 2.01. The van der Waals surface area contributed by atoms with Gasteiger partial charge < -0.3 is 15.4 Å². The number of hydrogen-bond donors (Lipinski definition) is 2. The van der Waals surface area contributed by atoms with Crippen molar-refractivity contribution in [2.75, 3.05) is 20.2 Å². The molecule has 0 atom stereocenters. The van der Waals surface area contributed by atoms with Crippen molar-refractivity contribution < 1.29 is 19.1 Å². The number of methoxy groups -OCH3 is 1. The molecule has 7 nitrogen and oxygen atoms in total. The molecular formula is C12H15N3O4. The van der Waals surface area contributed by atoms with Gasteiger partial charge in [-0.15, -0.1) is 0 Å². The Hall–Kier alpha value is -2.44. The zero-order chi connectivity index (χ0) is 14.3. The molecule has 0 aliphatic rings. The van der Waals surface area contributed by atoms with E-state index in [4.69, 9.17) is 0 Å². The van der Waals surface area contributed by atoms with E-state index in [0.717, 1.165) is 0 Å². The first-order valence-electron chi connectivity index (χ1n) is 5.62. The molecule has 1 rings (SSSR count). The molecule has 0 radical (unpaired) electrons. The number of nitrogens with zero attached hydrogens (tertiary/aromatic N) is 1. The van der Waals surface area contributed by atoms with Gasteiger partial charge in [0.25, 0.3) is 5.91 Å². The Morgan fingerprint density at radius 1 is 1.16 bits per heavy atom. The summed E-state index contributed by atoms with van der Waals surface area (Å²) < 4.78 is 4.52. The molecule has 0 saturated carbocycles. The first kappa shape index (κ1) is 14.6. The van der Waals surface area contributed by atoms with Crippen molar-refractivity contribution in [1.82, 2.24) is 15.6 Å². The van der Waals surface area contributed by atoms with Gasteiger partial charge in [0.15, 0.2) is 0 Å². The van der Waals surface area contributed by atoms with Crippen LogP contribution >= 0.6 is 0 Å². The lowest BCUT2D eigenvalue weighted by Crippen LogP contribution is -2.34. The Labute approximate surface area is 110 Å². The quantitative estimate of drug-likeness (QED) is 0.564. The van der Waals surface area contributed by atoms with Gasteiger partial charge in [-0.25, -0.2) is 9.78 Å². The largest absolute Gasteiger partial charge is 0.464 e. The minimum absolute atomic E-state index is 0.0667. The zero-order valence-electron chi connectivity index (χ0n) is 10.7. The second kappa shape index (κ2) is 7.10. The first-order chi connectivity index (χ1) is 9.04. The number of rotatable bonds is 5. The summed E-state index contributed by atoms with van der Waals surface area (Å²) >= 11 is 0. The van der Waals surface area contributed by atoms with Crippen LogP contribution in [-0.4, -0.2) is 43.0 Å². The number of ether oxygens (including phenoxy) is 1. The van der Waals surface area contributed by atoms with Gasteiger partial charge in [-0.1, -0.05) is 6.07 Å². The standard InChI is InChI=1S/C12H15N3O4/c1-8(16)13-6-7-14-11(17)9-4-3-5-10(15-9)12(18)19-2/h3-5H,6-7H2,1-2H3,(H,13,16)(H,14,17). The molecule has 1 aromatic heterocycles. The molecule has 0 aliphatic heterocycles. The summed E-state index contributed by atoms with van der Waals surface area (Å²) in [4.78, 5) is 37.5. The average molecular weight is 265 g/mol. The molecule has 2 amide bonds. The molecule has 0 bridgehead atoms. The summed E-state index contributed by atoms with van der Waals surface area (Å²) in [5.74, 6) is -1.19. The highest BCUT2D eigenvalue weighted by molar-refractivity contribution is 5.94. The lowest BCUT2D eigenvalue weighted by Gasteiger charge is -2.06. The number of carbonyl (C=O) groups excluding carboxylic acids is 3. The maximum atomic E-state index is 11.7. The van der Waals surface area contributed by atoms with Crippen molar-refractivity contribution in [2.45, 2.75) is 6.92 Å². The van der Waals surface area contributed by atoms with Crippen molar-refractivity contribution >= 4 is 17.8 Å². The van der Waals surface area contributed by atoms with E-state index in [1.807, 2.05) is 0 Å². The van der Waals surface area contributed by atoms with Crippen molar-refractivity contribution in [3.63, 3.8) is 0 Å². The Morgan fingerprint density at radius 2 is 1.79 bits per heavy atom. The summed E-state index contributed by atoms with van der Waals surface area (Å²) in [6.45, 7) is 2.00. The number of carbonyl (C=O) groups is 3. The van der Waals surface area contributed by atoms with E-state index in [9.17, 15) is 14.4 Å². The van der Waals surface area contributed by atoms with Gasteiger partial charge in [-0.05, 0) is 12.1 Å². The molecule has 7 heteroatoms. The van der Waals surface area contributed by atoms with Crippen LogP contribution in [0.1, 0.15) is 27.9 Å². The third-order valence-corrected chi connectivity index (χ3v) is 2.16. The lowest BCUT2D eigenvalue weighted by molar-refractivity contribution is -0.118. The topological polar surface area (TPSA) is 97.4 Å². The smallest absolute Gasteiger partial charge is 0.356 e. The van der Waals surface area contributed by atoms with Crippen LogP contribution in [0.5, 0.6) is 0 Å². The molecule has 0 unspecified atom stereocenters. The van der Waals surface area contributed by atoms with E-state index in [0.29, 0.717) is 6.54 Å². The average Bonchev–Trinajstić information content (AvgIpc) is 2.42. The van der Waals surface area contributed by atoms with Crippen LogP contribution < -0.4 is 10.6 Å². The van der Waals surface area contributed by atoms with Crippen LogP contribution in [0.2, 0.25) is 0 Å². The molecule has 1 heterocycles. The summed E-state index contributed by atoms with van der Waals surface area (Å²) in [5.41, 5.74) is 0.183. The summed E-state index contributed by atoms with van der Waals surface area (Å²) in [6, 6.07) is 4.49. The molecule has 19 heavy (non-hydrogen) atoms. The van der Waals surface area contributed by atoms with Crippen molar-refractivity contribution in [2.24, 2.45) is 0 Å². The Balaban J connectivity index is 2.57. The Bertz CT molecular complexity index is 488. The van der Waals surface area contributed by atoms with Crippen molar-refractivity contribution in [3.05, 3.63) is 29.6 Å². The third kappa shape index (κ3) is 4.74. The lowest BCUT2D eigenvalue weighted by atomic mass is 10.3. The van der Waals surface area contributed by atoms with E-state index >= 15 is 0 Å². The van der Waals surface area contributed by atoms with E-state index in [2.05, 4.69) is 20.4 Å². The number of pyridine rings is 1. The molecule has 1 aromatic rings. The van der Waals surface area contributed by atoms with E-state index in [-0.39, 0.29) is 23.8 Å². The van der Waals surface area contributed by atoms with Crippen molar-refractivity contribution in [1.29, 1.82) is 0 Å². The van der Waals surface area contributed by atoms with Crippen LogP contribution in [0, 0.1) is 0 Å². The number of aromatic nitrogens is 1. The van der Waals surface area contributed by atoms with E-state index in [1.165, 1.54) is 26.2 Å². The molecule has 0 fully saturated rings. The Kier molecular flexibility index (Phi) is 5.46. The predicted octanol–water partition coefficient (Wildman–Crippen LogP) is -0.266. The maximum Gasteiger partial charge on any atom is 0.356 e. The highest BCUT2D eigenvalue weighted by Gasteiger charge is 2.11. The van der Waals surface area contributed by atoms with Gasteiger partial charge in [0.1, 0.15) is 11.4 Å². The second-order valence-electron chi connectivity index (χ2n) is 3.64. The molecule has 0 aliphatic carbocycles. The van der Waals surface area contributed by atoms with E-state index < -0.39 is 11.9 Å². The van der Waals surface area contributed by atoms with Crippen LogP contribution in [0.4, 0.5) is 0 Å². The first-order valence-corrected chi connectivity index (χ1v) is 5.62. The molecular weight excluding hydrogens is 250 g/mol. The molecule has 102 valence electrons. The van der Waals surface area contributed by atoms with Crippen LogP contribution in [0.25, 0.3) is 0 Å². The fraction of sp³-hybridized carbons (Fsp3) is 0.333. The fourth-order valence-corrected chi connectivity index (χ4v) is 1.28. The van der Waals surface area contributed by atoms with Crippen LogP contribution in [-0.2, 0) is 9.53 Å². The SMILES string of the molecule is COC(=O)c1cccc(C(=O)NCCNC(C)=O)n1. The molecule has 0 saturated heterocycles. The van der Waals surface area contributed by atoms with Gasteiger partial charge in [-0.2, -0.15) is 0 Å². The van der Waals surface area contributed by atoms with Crippen LogP contribution in [0.3, 0.4) is 0 Å². The molecule has 2 N–H and O–H groups in total. The number of amides is 2. The minimum Gasteiger partial charge on any atom is -0.464 e. The number of nitrogens with one attached hydrogen (secondary N) is 2. The third-order valence-electron chi connectivity index (χ3n) is 2.16. The van der Waals surface area contributed by atoms with Gasteiger partial charge in [-0.3, -0.25) is 9.59 Å². The van der Waals surface area contributed by atoms with Crippen LogP contribution in [0.15, 0.2) is 18.2 Å². The maximum absolute atomic E-state index is 11.7. The highest BCUT2D eigenvalue weighted by atomic mass is 16.5. The number of hydrogen-bond acceptors (Lipinski definition) is 5. The predicted molar refractivity (Wildman–Crippen MR) is 66.6 cm³/mol. The molecule has 0 spiro atoms. The Morgan fingerprint density at radius 3 is 2.42 bits per heavy atom. The van der Waals surface area contributed by atoms with Gasteiger partial charge >= 0.3 is 5.97 Å². The van der Waals surface area contributed by atoms with Gasteiger partial charge in [0.05, 0.1) is 7.11 Å². The fourth-order valence-electron chi connectivity index (χ4n) is 1.28. The van der Waals surface area contributed by atoms with Gasteiger partial charge in [0.2, 0.25) is 5.91 Å². The number of esters is 1. The second-order valence-corrected chi connectivity index (χ2v) is 3.64. The van der Waals surface area contributed by atoms with E-state index in [1.54, 1.807) is 6.07 Å². The normalized spacial score (nSPS) is 9.58. The summed E-state index contributed by atoms with van der Waals surface area (Å²) in [6.07, 6.45) is 0. The summed E-state index contributed by atoms with van der Waals surface area (Å²) in [5, 5.41) is 5.11. The zero-order valence-corrected chi connectivity index (χ0v) is 10.7. The minimum atomic E-state index is -0.604. The van der Waals surface area contributed by atoms with Gasteiger partial charge in [0, 0.05) is 20.0 Å². The molecule has 0 aromatic carbocycles. The summed E-state index contributed by atoms with van der Waals surface area (Å²) in [7, 11) is 1.24. The monoisotopic (exact) mass is 265 g/mol. The van der Waals surface area contributed by atoms with Crippen molar-refractivity contribution in [3.8, 4) is 0 Å².